The van der Waals surface area contributed by atoms with Crippen LogP contribution in [0.2, 0.25) is 0 Å². The molecule has 2 heterocycles. The van der Waals surface area contributed by atoms with E-state index in [0.717, 1.165) is 30.5 Å². The van der Waals surface area contributed by atoms with Crippen molar-refractivity contribution in [1.29, 1.82) is 0 Å². The Labute approximate surface area is 119 Å². The number of hydrogen-bond donors (Lipinski definition) is 0. The fourth-order valence-corrected chi connectivity index (χ4v) is 3.15. The lowest BCUT2D eigenvalue weighted by Gasteiger charge is -2.20. The highest BCUT2D eigenvalue weighted by atomic mass is 16.5. The Bertz CT molecular complexity index is 663. The summed E-state index contributed by atoms with van der Waals surface area (Å²) in [6, 6.07) is 9.38. The fraction of sp³-hybridized carbons (Fsp3) is 0.471. The maximum absolute atomic E-state index is 6.08. The minimum Gasteiger partial charge on any atom is -0.473 e. The summed E-state index contributed by atoms with van der Waals surface area (Å²) in [5.41, 5.74) is 3.52. The van der Waals surface area contributed by atoms with E-state index in [0.29, 0.717) is 0 Å². The van der Waals surface area contributed by atoms with Crippen molar-refractivity contribution >= 4 is 10.9 Å². The summed E-state index contributed by atoms with van der Waals surface area (Å²) in [7, 11) is 0. The first-order valence-electron chi connectivity index (χ1n) is 7.50. The molecular formula is C17H20N2O. The Kier molecular flexibility index (Phi) is 2.71. The Hall–Kier alpha value is -1.61. The van der Waals surface area contributed by atoms with E-state index >= 15 is 0 Å². The topological polar surface area (TPSA) is 25.4 Å². The van der Waals surface area contributed by atoms with Crippen LogP contribution in [0.5, 0.6) is 5.88 Å². The summed E-state index contributed by atoms with van der Waals surface area (Å²) in [4.78, 5) is 7.35. The number of aryl methyl sites for hydroxylation is 1. The summed E-state index contributed by atoms with van der Waals surface area (Å²) in [6.45, 7) is 6.24. The largest absolute Gasteiger partial charge is 0.473 e. The molecule has 0 spiro atoms. The van der Waals surface area contributed by atoms with Crippen molar-refractivity contribution in [2.75, 3.05) is 6.54 Å². The van der Waals surface area contributed by atoms with Crippen LogP contribution in [0.4, 0.5) is 0 Å². The molecule has 3 heteroatoms. The zero-order chi connectivity index (χ0) is 13.7. The van der Waals surface area contributed by atoms with Gasteiger partial charge >= 0.3 is 0 Å². The molecule has 0 radical (unpaired) electrons. The van der Waals surface area contributed by atoms with Crippen molar-refractivity contribution in [3.63, 3.8) is 0 Å². The molecule has 2 aliphatic rings. The van der Waals surface area contributed by atoms with Crippen LogP contribution in [0.1, 0.15) is 30.9 Å². The van der Waals surface area contributed by atoms with E-state index in [1.54, 1.807) is 0 Å². The van der Waals surface area contributed by atoms with E-state index in [9.17, 15) is 0 Å². The number of para-hydroxylation sites is 1. The molecular weight excluding hydrogens is 248 g/mol. The van der Waals surface area contributed by atoms with E-state index in [1.165, 1.54) is 29.4 Å². The second-order valence-electron chi connectivity index (χ2n) is 6.19. The van der Waals surface area contributed by atoms with Crippen LogP contribution in [0.25, 0.3) is 10.9 Å². The Morgan fingerprint density at radius 3 is 2.95 bits per heavy atom. The number of ether oxygens (including phenoxy) is 1. The van der Waals surface area contributed by atoms with Gasteiger partial charge in [0, 0.05) is 30.1 Å². The average molecular weight is 268 g/mol. The average Bonchev–Trinajstić information content (AvgIpc) is 3.23. The Morgan fingerprint density at radius 2 is 2.15 bits per heavy atom. The van der Waals surface area contributed by atoms with Crippen LogP contribution in [0, 0.1) is 6.92 Å². The second kappa shape index (κ2) is 4.45. The zero-order valence-electron chi connectivity index (χ0n) is 12.1. The van der Waals surface area contributed by atoms with Crippen molar-refractivity contribution in [2.45, 2.75) is 45.4 Å². The Balaban J connectivity index is 1.82. The number of rotatable bonds is 1. The van der Waals surface area contributed by atoms with Gasteiger partial charge in [0.1, 0.15) is 6.10 Å². The predicted octanol–water partition coefficient (Wildman–Crippen LogP) is 3.29. The van der Waals surface area contributed by atoms with Crippen LogP contribution >= 0.6 is 0 Å². The minimum absolute atomic E-state index is 0.214. The molecule has 0 N–H and O–H groups in total. The summed E-state index contributed by atoms with van der Waals surface area (Å²) in [5.74, 6) is 0.836. The normalized spacial score (nSPS) is 23.2. The molecule has 1 aromatic carbocycles. The number of benzene rings is 1. The monoisotopic (exact) mass is 268 g/mol. The van der Waals surface area contributed by atoms with E-state index in [1.807, 2.05) is 0 Å². The molecule has 20 heavy (non-hydrogen) atoms. The number of hydrogen-bond acceptors (Lipinski definition) is 3. The third-order valence-corrected chi connectivity index (χ3v) is 4.33. The van der Waals surface area contributed by atoms with E-state index in [4.69, 9.17) is 9.72 Å². The molecule has 1 fully saturated rings. The van der Waals surface area contributed by atoms with Gasteiger partial charge in [-0.25, -0.2) is 4.98 Å². The van der Waals surface area contributed by atoms with Crippen LogP contribution in [0.15, 0.2) is 24.3 Å². The smallest absolute Gasteiger partial charge is 0.218 e. The van der Waals surface area contributed by atoms with Crippen molar-refractivity contribution in [1.82, 2.24) is 9.88 Å². The number of fused-ring (bicyclic) bond motifs is 2. The van der Waals surface area contributed by atoms with Gasteiger partial charge in [-0.05, 0) is 38.3 Å². The first-order chi connectivity index (χ1) is 9.70. The maximum atomic E-state index is 6.08. The van der Waals surface area contributed by atoms with E-state index in [-0.39, 0.29) is 6.10 Å². The van der Waals surface area contributed by atoms with Gasteiger partial charge in [0.25, 0.3) is 0 Å². The highest BCUT2D eigenvalue weighted by molar-refractivity contribution is 5.83. The molecule has 0 saturated heterocycles. The van der Waals surface area contributed by atoms with Gasteiger partial charge in [-0.3, -0.25) is 4.90 Å². The zero-order valence-corrected chi connectivity index (χ0v) is 12.1. The van der Waals surface area contributed by atoms with Gasteiger partial charge in [0.15, 0.2) is 0 Å². The molecule has 3 nitrogen and oxygen atoms in total. The lowest BCUT2D eigenvalue weighted by molar-refractivity contribution is 0.152. The van der Waals surface area contributed by atoms with Gasteiger partial charge in [-0.2, -0.15) is 0 Å². The van der Waals surface area contributed by atoms with Gasteiger partial charge in [0.05, 0.1) is 5.52 Å². The molecule has 2 aromatic rings. The number of nitrogens with zero attached hydrogens (tertiary/aromatic N) is 2. The van der Waals surface area contributed by atoms with Gasteiger partial charge in [-0.15, -0.1) is 0 Å². The maximum Gasteiger partial charge on any atom is 0.218 e. The molecule has 0 amide bonds. The van der Waals surface area contributed by atoms with Gasteiger partial charge in [-0.1, -0.05) is 18.2 Å². The number of pyridine rings is 1. The SMILES string of the molecule is Cc1cccc2cc3c(nc12)O[C@@H](C)CN(C1CC1)C3. The molecule has 4 rings (SSSR count). The first-order valence-corrected chi connectivity index (χ1v) is 7.50. The van der Waals surface area contributed by atoms with Crippen LogP contribution in [-0.4, -0.2) is 28.6 Å². The van der Waals surface area contributed by atoms with Gasteiger partial charge in [0.2, 0.25) is 5.88 Å². The van der Waals surface area contributed by atoms with Crippen molar-refractivity contribution in [3.8, 4) is 5.88 Å². The van der Waals surface area contributed by atoms with Crippen molar-refractivity contribution < 1.29 is 4.74 Å². The second-order valence-corrected chi connectivity index (χ2v) is 6.19. The standard InChI is InChI=1S/C17H20N2O/c1-11-4-3-5-13-8-14-10-19(15-6-7-15)9-12(2)20-17(14)18-16(11)13/h3-5,8,12,15H,6-7,9-10H2,1-2H3/t12-/m0/s1. The molecule has 1 aromatic heterocycles. The third kappa shape index (κ3) is 2.06. The molecule has 1 aliphatic carbocycles. The summed E-state index contributed by atoms with van der Waals surface area (Å²) in [5, 5.41) is 1.22. The summed E-state index contributed by atoms with van der Waals surface area (Å²) in [6.07, 6.45) is 2.88. The summed E-state index contributed by atoms with van der Waals surface area (Å²) < 4.78 is 6.08. The van der Waals surface area contributed by atoms with Crippen molar-refractivity contribution in [2.24, 2.45) is 0 Å². The Morgan fingerprint density at radius 1 is 1.30 bits per heavy atom. The molecule has 1 aliphatic heterocycles. The molecule has 1 atom stereocenters. The number of aromatic nitrogens is 1. The fourth-order valence-electron chi connectivity index (χ4n) is 3.15. The van der Waals surface area contributed by atoms with E-state index in [2.05, 4.69) is 43.0 Å². The van der Waals surface area contributed by atoms with Gasteiger partial charge < -0.3 is 4.74 Å². The lowest BCUT2D eigenvalue weighted by atomic mass is 10.1. The highest BCUT2D eigenvalue weighted by Gasteiger charge is 2.33. The van der Waals surface area contributed by atoms with Crippen LogP contribution < -0.4 is 4.74 Å². The third-order valence-electron chi connectivity index (χ3n) is 4.33. The molecule has 1 saturated carbocycles. The molecule has 0 bridgehead atoms. The molecule has 104 valence electrons. The van der Waals surface area contributed by atoms with E-state index < -0.39 is 0 Å². The van der Waals surface area contributed by atoms with Crippen LogP contribution in [0.3, 0.4) is 0 Å². The van der Waals surface area contributed by atoms with Crippen molar-refractivity contribution in [3.05, 3.63) is 35.4 Å². The highest BCUT2D eigenvalue weighted by Crippen LogP contribution is 2.34. The summed E-state index contributed by atoms with van der Waals surface area (Å²) >= 11 is 0. The first kappa shape index (κ1) is 12.2. The minimum atomic E-state index is 0.214. The molecule has 0 unspecified atom stereocenters. The predicted molar refractivity (Wildman–Crippen MR) is 80.0 cm³/mol. The van der Waals surface area contributed by atoms with Crippen LogP contribution in [-0.2, 0) is 6.54 Å². The lowest BCUT2D eigenvalue weighted by Crippen LogP contribution is -2.32. The quantitative estimate of drug-likeness (QED) is 0.793.